The summed E-state index contributed by atoms with van der Waals surface area (Å²) >= 11 is 0. The molecule has 21 heavy (non-hydrogen) atoms. The number of nitriles is 1. The van der Waals surface area contributed by atoms with E-state index < -0.39 is 0 Å². The molecule has 0 N–H and O–H groups in total. The van der Waals surface area contributed by atoms with Gasteiger partial charge in [0.15, 0.2) is 0 Å². The molecule has 0 aromatic carbocycles. The van der Waals surface area contributed by atoms with Gasteiger partial charge in [0, 0.05) is 25.9 Å². The molecule has 0 amide bonds. The fraction of sp³-hybridized carbons (Fsp3) is 0.647. The third-order valence-corrected chi connectivity index (χ3v) is 3.85. The van der Waals surface area contributed by atoms with Crippen molar-refractivity contribution in [2.75, 3.05) is 31.7 Å². The number of fused-ring (bicyclic) bond motifs is 1. The lowest BCUT2D eigenvalue weighted by Gasteiger charge is -2.28. The van der Waals surface area contributed by atoms with Crippen molar-refractivity contribution in [3.05, 3.63) is 22.9 Å². The second-order valence-corrected chi connectivity index (χ2v) is 6.12. The Morgan fingerprint density at radius 2 is 2.14 bits per heavy atom. The molecule has 1 aromatic heterocycles. The maximum absolute atomic E-state index is 9.48. The van der Waals surface area contributed by atoms with E-state index in [0.717, 1.165) is 31.7 Å². The third kappa shape index (κ3) is 3.95. The predicted octanol–water partition coefficient (Wildman–Crippen LogP) is 2.94. The Bertz CT molecular complexity index is 520. The summed E-state index contributed by atoms with van der Waals surface area (Å²) in [6.45, 7) is 6.68. The van der Waals surface area contributed by atoms with E-state index in [2.05, 4.69) is 30.9 Å². The molecule has 1 aliphatic rings. The van der Waals surface area contributed by atoms with Crippen LogP contribution in [-0.4, -0.2) is 31.8 Å². The van der Waals surface area contributed by atoms with Crippen LogP contribution in [0.5, 0.6) is 0 Å². The molecule has 0 aliphatic heterocycles. The predicted molar refractivity (Wildman–Crippen MR) is 84.5 cm³/mol. The quantitative estimate of drug-likeness (QED) is 0.807. The van der Waals surface area contributed by atoms with E-state index in [9.17, 15) is 5.26 Å². The third-order valence-electron chi connectivity index (χ3n) is 3.85. The van der Waals surface area contributed by atoms with Crippen LogP contribution in [-0.2, 0) is 17.6 Å². The fourth-order valence-electron chi connectivity index (χ4n) is 2.87. The number of methoxy groups -OCH3 is 1. The van der Waals surface area contributed by atoms with Gasteiger partial charge in [-0.25, -0.2) is 4.98 Å². The van der Waals surface area contributed by atoms with Gasteiger partial charge in [0.2, 0.25) is 0 Å². The maximum atomic E-state index is 9.48. The smallest absolute Gasteiger partial charge is 0.146 e. The van der Waals surface area contributed by atoms with Gasteiger partial charge in [-0.3, -0.25) is 0 Å². The average Bonchev–Trinajstić information content (AvgIpc) is 2.49. The molecule has 0 saturated carbocycles. The number of hydrogen-bond donors (Lipinski definition) is 0. The molecule has 2 rings (SSSR count). The van der Waals surface area contributed by atoms with Gasteiger partial charge in [0.1, 0.15) is 11.9 Å². The van der Waals surface area contributed by atoms with E-state index in [-0.39, 0.29) is 0 Å². The second kappa shape index (κ2) is 7.42. The molecular formula is C17H25N3O. The van der Waals surface area contributed by atoms with Gasteiger partial charge >= 0.3 is 0 Å². The molecule has 0 bridgehead atoms. The highest BCUT2D eigenvalue weighted by Crippen LogP contribution is 2.26. The maximum Gasteiger partial charge on any atom is 0.146 e. The van der Waals surface area contributed by atoms with Gasteiger partial charge in [0.05, 0.1) is 12.2 Å². The summed E-state index contributed by atoms with van der Waals surface area (Å²) in [5.74, 6) is 1.36. The van der Waals surface area contributed by atoms with Gasteiger partial charge in [-0.2, -0.15) is 5.26 Å². The molecule has 1 aromatic rings. The minimum atomic E-state index is 0.520. The molecule has 4 heteroatoms. The van der Waals surface area contributed by atoms with Crippen LogP contribution in [0.1, 0.15) is 43.5 Å². The van der Waals surface area contributed by atoms with Crippen molar-refractivity contribution in [2.45, 2.75) is 39.5 Å². The zero-order valence-electron chi connectivity index (χ0n) is 13.4. The Labute approximate surface area is 127 Å². The SMILES string of the molecule is COCCN(CC(C)C)c1nc2c(cc1C#N)CCCC2. The van der Waals surface area contributed by atoms with Gasteiger partial charge < -0.3 is 9.64 Å². The first-order valence-electron chi connectivity index (χ1n) is 7.82. The highest BCUT2D eigenvalue weighted by molar-refractivity contribution is 5.56. The minimum Gasteiger partial charge on any atom is -0.383 e. The van der Waals surface area contributed by atoms with Crippen molar-refractivity contribution in [3.8, 4) is 6.07 Å². The van der Waals surface area contributed by atoms with Gasteiger partial charge in [0.25, 0.3) is 0 Å². The van der Waals surface area contributed by atoms with Gasteiger partial charge in [-0.05, 0) is 43.2 Å². The standard InChI is InChI=1S/C17H25N3O/c1-13(2)12-20(8-9-21-3)17-15(11-18)10-14-6-4-5-7-16(14)19-17/h10,13H,4-9,12H2,1-3H3. The fourth-order valence-corrected chi connectivity index (χ4v) is 2.87. The topological polar surface area (TPSA) is 49.1 Å². The van der Waals surface area contributed by atoms with Crippen LogP contribution in [0.4, 0.5) is 5.82 Å². The van der Waals surface area contributed by atoms with Crippen molar-refractivity contribution in [1.29, 1.82) is 5.26 Å². The number of anilines is 1. The number of aromatic nitrogens is 1. The highest BCUT2D eigenvalue weighted by Gasteiger charge is 2.19. The van der Waals surface area contributed by atoms with Gasteiger partial charge in [-0.15, -0.1) is 0 Å². The van der Waals surface area contributed by atoms with E-state index in [4.69, 9.17) is 9.72 Å². The van der Waals surface area contributed by atoms with Crippen molar-refractivity contribution in [2.24, 2.45) is 5.92 Å². The van der Waals surface area contributed by atoms with E-state index in [1.54, 1.807) is 7.11 Å². The van der Waals surface area contributed by atoms with Crippen molar-refractivity contribution < 1.29 is 4.74 Å². The lowest BCUT2D eigenvalue weighted by Crippen LogP contribution is -2.33. The zero-order valence-corrected chi connectivity index (χ0v) is 13.4. The Hall–Kier alpha value is -1.60. The Kier molecular flexibility index (Phi) is 5.58. The first kappa shape index (κ1) is 15.8. The number of hydrogen-bond acceptors (Lipinski definition) is 4. The minimum absolute atomic E-state index is 0.520. The molecule has 4 nitrogen and oxygen atoms in total. The summed E-state index contributed by atoms with van der Waals surface area (Å²) in [5.41, 5.74) is 3.15. The van der Waals surface area contributed by atoms with E-state index in [1.165, 1.54) is 24.1 Å². The first-order valence-corrected chi connectivity index (χ1v) is 7.82. The summed E-state index contributed by atoms with van der Waals surface area (Å²) in [7, 11) is 1.71. The molecular weight excluding hydrogens is 262 g/mol. The van der Waals surface area contributed by atoms with Crippen LogP contribution in [0.15, 0.2) is 6.07 Å². The number of pyridine rings is 1. The number of aryl methyl sites for hydroxylation is 2. The highest BCUT2D eigenvalue weighted by atomic mass is 16.5. The summed E-state index contributed by atoms with van der Waals surface area (Å²) in [4.78, 5) is 7.03. The van der Waals surface area contributed by atoms with E-state index in [1.807, 2.05) is 0 Å². The number of nitrogens with zero attached hydrogens (tertiary/aromatic N) is 3. The van der Waals surface area contributed by atoms with Crippen LogP contribution in [0, 0.1) is 17.2 Å². The number of ether oxygens (including phenoxy) is 1. The molecule has 0 saturated heterocycles. The molecule has 0 spiro atoms. The first-order chi connectivity index (χ1) is 10.2. The van der Waals surface area contributed by atoms with Crippen molar-refractivity contribution in [3.63, 3.8) is 0 Å². The normalized spacial score (nSPS) is 13.9. The van der Waals surface area contributed by atoms with E-state index in [0.29, 0.717) is 18.1 Å². The lowest BCUT2D eigenvalue weighted by molar-refractivity contribution is 0.204. The summed E-state index contributed by atoms with van der Waals surface area (Å²) in [5, 5.41) is 9.48. The molecule has 0 unspecified atom stereocenters. The van der Waals surface area contributed by atoms with Crippen LogP contribution >= 0.6 is 0 Å². The van der Waals surface area contributed by atoms with Crippen molar-refractivity contribution >= 4 is 5.82 Å². The van der Waals surface area contributed by atoms with E-state index >= 15 is 0 Å². The molecule has 0 fully saturated rings. The van der Waals surface area contributed by atoms with Crippen LogP contribution in [0.25, 0.3) is 0 Å². The molecule has 0 radical (unpaired) electrons. The Balaban J connectivity index is 2.35. The summed E-state index contributed by atoms with van der Waals surface area (Å²) in [6.07, 6.45) is 4.50. The molecule has 114 valence electrons. The Morgan fingerprint density at radius 3 is 2.81 bits per heavy atom. The zero-order chi connectivity index (χ0) is 15.2. The molecule has 0 atom stereocenters. The van der Waals surface area contributed by atoms with Crippen LogP contribution in [0.2, 0.25) is 0 Å². The van der Waals surface area contributed by atoms with Crippen LogP contribution in [0.3, 0.4) is 0 Å². The van der Waals surface area contributed by atoms with Crippen molar-refractivity contribution in [1.82, 2.24) is 4.98 Å². The largest absolute Gasteiger partial charge is 0.383 e. The van der Waals surface area contributed by atoms with Crippen LogP contribution < -0.4 is 4.90 Å². The van der Waals surface area contributed by atoms with Gasteiger partial charge in [-0.1, -0.05) is 13.8 Å². The monoisotopic (exact) mass is 287 g/mol. The molecule has 1 aliphatic carbocycles. The Morgan fingerprint density at radius 1 is 1.38 bits per heavy atom. The second-order valence-electron chi connectivity index (χ2n) is 6.12. The summed E-state index contributed by atoms with van der Waals surface area (Å²) in [6, 6.07) is 4.38. The summed E-state index contributed by atoms with van der Waals surface area (Å²) < 4.78 is 5.21. The number of rotatable bonds is 6. The molecule has 1 heterocycles. The average molecular weight is 287 g/mol. The lowest BCUT2D eigenvalue weighted by atomic mass is 9.94.